The van der Waals surface area contributed by atoms with Gasteiger partial charge in [-0.3, -0.25) is 14.4 Å². The molecule has 2 fully saturated rings. The maximum absolute atomic E-state index is 12.7. The van der Waals surface area contributed by atoms with E-state index in [1.165, 1.54) is 12.8 Å². The van der Waals surface area contributed by atoms with Gasteiger partial charge < -0.3 is 15.4 Å². The molecule has 0 radical (unpaired) electrons. The SMILES string of the molecule is CNC(C(=O)NCC1(N2CCCC2)CCOCC1)c1cnn(C)c1. The summed E-state index contributed by atoms with van der Waals surface area (Å²) in [6, 6.07) is -0.367. The van der Waals surface area contributed by atoms with Crippen LogP contribution < -0.4 is 10.6 Å². The largest absolute Gasteiger partial charge is 0.381 e. The summed E-state index contributed by atoms with van der Waals surface area (Å²) in [7, 11) is 3.67. The Bertz CT molecular complexity index is 547. The Morgan fingerprint density at radius 3 is 2.67 bits per heavy atom. The van der Waals surface area contributed by atoms with E-state index in [-0.39, 0.29) is 17.5 Å². The van der Waals surface area contributed by atoms with Crippen LogP contribution in [0.1, 0.15) is 37.3 Å². The van der Waals surface area contributed by atoms with E-state index in [1.807, 2.05) is 20.3 Å². The van der Waals surface area contributed by atoms with Gasteiger partial charge in [-0.1, -0.05) is 0 Å². The molecule has 2 saturated heterocycles. The number of hydrogen-bond donors (Lipinski definition) is 2. The standard InChI is InChI=1S/C17H29N5O2/c1-18-15(14-11-20-21(2)12-14)16(23)19-13-17(5-9-24-10-6-17)22-7-3-4-8-22/h11-12,15,18H,3-10,13H2,1-2H3,(H,19,23). The van der Waals surface area contributed by atoms with Crippen LogP contribution in [-0.4, -0.2) is 66.0 Å². The van der Waals surface area contributed by atoms with Gasteiger partial charge in [-0.2, -0.15) is 5.10 Å². The number of nitrogens with one attached hydrogen (secondary N) is 2. The van der Waals surface area contributed by atoms with Crippen LogP contribution in [0.3, 0.4) is 0 Å². The van der Waals surface area contributed by atoms with Gasteiger partial charge in [-0.15, -0.1) is 0 Å². The Balaban J connectivity index is 1.65. The molecule has 0 aliphatic carbocycles. The third-order valence-corrected chi connectivity index (χ3v) is 5.40. The van der Waals surface area contributed by atoms with Crippen molar-refractivity contribution >= 4 is 5.91 Å². The zero-order valence-electron chi connectivity index (χ0n) is 14.8. The minimum atomic E-state index is -0.367. The molecule has 2 aliphatic heterocycles. The lowest BCUT2D eigenvalue weighted by Crippen LogP contribution is -2.58. The maximum Gasteiger partial charge on any atom is 0.241 e. The minimum absolute atomic E-state index is 0.00978. The molecule has 24 heavy (non-hydrogen) atoms. The number of amides is 1. The average Bonchev–Trinajstić information content (AvgIpc) is 3.27. The molecular formula is C17H29N5O2. The summed E-state index contributed by atoms with van der Waals surface area (Å²) < 4.78 is 7.29. The lowest BCUT2D eigenvalue weighted by atomic mass is 9.88. The van der Waals surface area contributed by atoms with E-state index < -0.39 is 0 Å². The van der Waals surface area contributed by atoms with E-state index in [4.69, 9.17) is 4.74 Å². The molecule has 1 atom stereocenters. The highest BCUT2D eigenvalue weighted by Crippen LogP contribution is 2.31. The van der Waals surface area contributed by atoms with Crippen molar-refractivity contribution in [3.05, 3.63) is 18.0 Å². The van der Waals surface area contributed by atoms with Crippen molar-refractivity contribution in [1.82, 2.24) is 25.3 Å². The fourth-order valence-electron chi connectivity index (χ4n) is 3.94. The molecule has 7 heteroatoms. The zero-order valence-corrected chi connectivity index (χ0v) is 14.8. The second kappa shape index (κ2) is 7.63. The fraction of sp³-hybridized carbons (Fsp3) is 0.765. The normalized spacial score (nSPS) is 22.4. The quantitative estimate of drug-likeness (QED) is 0.789. The molecule has 1 aromatic rings. The van der Waals surface area contributed by atoms with Gasteiger partial charge in [-0.25, -0.2) is 0 Å². The fourth-order valence-corrected chi connectivity index (χ4v) is 3.94. The number of likely N-dealkylation sites (tertiary alicyclic amines) is 1. The van der Waals surface area contributed by atoms with Crippen LogP contribution in [0.15, 0.2) is 12.4 Å². The first-order valence-corrected chi connectivity index (χ1v) is 8.91. The van der Waals surface area contributed by atoms with E-state index in [9.17, 15) is 4.79 Å². The van der Waals surface area contributed by atoms with E-state index in [0.717, 1.165) is 44.7 Å². The molecule has 2 N–H and O–H groups in total. The van der Waals surface area contributed by atoms with Gasteiger partial charge in [0.1, 0.15) is 6.04 Å². The van der Waals surface area contributed by atoms with Crippen molar-refractivity contribution in [3.8, 4) is 0 Å². The molecule has 0 bridgehead atoms. The average molecular weight is 335 g/mol. The minimum Gasteiger partial charge on any atom is -0.381 e. The van der Waals surface area contributed by atoms with Crippen molar-refractivity contribution < 1.29 is 9.53 Å². The molecule has 134 valence electrons. The topological polar surface area (TPSA) is 71.4 Å². The Kier molecular flexibility index (Phi) is 5.53. The number of aryl methyl sites for hydroxylation is 1. The van der Waals surface area contributed by atoms with Crippen LogP contribution in [0.5, 0.6) is 0 Å². The van der Waals surface area contributed by atoms with Gasteiger partial charge in [0, 0.05) is 44.1 Å². The number of nitrogens with zero attached hydrogens (tertiary/aromatic N) is 3. The Labute approximate surface area is 143 Å². The number of rotatable bonds is 6. The molecule has 3 heterocycles. The number of hydrogen-bond acceptors (Lipinski definition) is 5. The van der Waals surface area contributed by atoms with Crippen LogP contribution in [0.4, 0.5) is 0 Å². The first-order valence-electron chi connectivity index (χ1n) is 8.91. The highest BCUT2D eigenvalue weighted by atomic mass is 16.5. The first-order chi connectivity index (χ1) is 11.6. The van der Waals surface area contributed by atoms with Crippen LogP contribution in [0.25, 0.3) is 0 Å². The van der Waals surface area contributed by atoms with Crippen LogP contribution in [0.2, 0.25) is 0 Å². The number of carbonyl (C=O) groups excluding carboxylic acids is 1. The van der Waals surface area contributed by atoms with E-state index in [0.29, 0.717) is 6.54 Å². The number of carbonyl (C=O) groups is 1. The van der Waals surface area contributed by atoms with Crippen LogP contribution in [0, 0.1) is 0 Å². The Hall–Kier alpha value is -1.44. The number of likely N-dealkylation sites (N-methyl/N-ethyl adjacent to an activating group) is 1. The number of aromatic nitrogens is 2. The van der Waals surface area contributed by atoms with Gasteiger partial charge in [0.15, 0.2) is 0 Å². The smallest absolute Gasteiger partial charge is 0.241 e. The van der Waals surface area contributed by atoms with Crippen LogP contribution in [-0.2, 0) is 16.6 Å². The highest BCUT2D eigenvalue weighted by molar-refractivity contribution is 5.83. The van der Waals surface area contributed by atoms with Crippen molar-refractivity contribution in [2.75, 3.05) is 39.9 Å². The first kappa shape index (κ1) is 17.4. The predicted molar refractivity (Wildman–Crippen MR) is 91.6 cm³/mol. The van der Waals surface area contributed by atoms with E-state index in [2.05, 4.69) is 20.6 Å². The van der Waals surface area contributed by atoms with Gasteiger partial charge in [-0.05, 0) is 45.8 Å². The van der Waals surface area contributed by atoms with Gasteiger partial charge in [0.05, 0.1) is 6.20 Å². The zero-order chi connectivity index (χ0) is 17.0. The molecule has 2 aliphatic rings. The summed E-state index contributed by atoms with van der Waals surface area (Å²) in [4.78, 5) is 15.3. The molecular weight excluding hydrogens is 306 g/mol. The summed E-state index contributed by atoms with van der Waals surface area (Å²) in [5, 5.41) is 10.5. The second-order valence-corrected chi connectivity index (χ2v) is 6.92. The van der Waals surface area contributed by atoms with Crippen molar-refractivity contribution in [2.24, 2.45) is 7.05 Å². The summed E-state index contributed by atoms with van der Waals surface area (Å²) in [5.74, 6) is 0.00978. The summed E-state index contributed by atoms with van der Waals surface area (Å²) in [6.07, 6.45) is 8.11. The predicted octanol–water partition coefficient (Wildman–Crippen LogP) is 0.442. The maximum atomic E-state index is 12.7. The van der Waals surface area contributed by atoms with Crippen LogP contribution >= 0.6 is 0 Å². The molecule has 3 rings (SSSR count). The molecule has 0 saturated carbocycles. The lowest BCUT2D eigenvalue weighted by molar-refractivity contribution is -0.124. The molecule has 1 aromatic heterocycles. The Morgan fingerprint density at radius 2 is 2.08 bits per heavy atom. The molecule has 1 unspecified atom stereocenters. The van der Waals surface area contributed by atoms with Gasteiger partial charge in [0.2, 0.25) is 5.91 Å². The summed E-state index contributed by atoms with van der Waals surface area (Å²) >= 11 is 0. The van der Waals surface area contributed by atoms with Crippen molar-refractivity contribution in [2.45, 2.75) is 37.3 Å². The monoisotopic (exact) mass is 335 g/mol. The second-order valence-electron chi connectivity index (χ2n) is 6.92. The van der Waals surface area contributed by atoms with Crippen molar-refractivity contribution in [1.29, 1.82) is 0 Å². The molecule has 1 amide bonds. The third-order valence-electron chi connectivity index (χ3n) is 5.40. The van der Waals surface area contributed by atoms with E-state index >= 15 is 0 Å². The number of ether oxygens (including phenoxy) is 1. The van der Waals surface area contributed by atoms with Gasteiger partial charge >= 0.3 is 0 Å². The van der Waals surface area contributed by atoms with E-state index in [1.54, 1.807) is 10.9 Å². The van der Waals surface area contributed by atoms with Gasteiger partial charge in [0.25, 0.3) is 0 Å². The molecule has 0 spiro atoms. The summed E-state index contributed by atoms with van der Waals surface area (Å²) in [6.45, 7) is 4.52. The lowest BCUT2D eigenvalue weighted by Gasteiger charge is -2.44. The third kappa shape index (κ3) is 3.63. The summed E-state index contributed by atoms with van der Waals surface area (Å²) in [5.41, 5.74) is 0.942. The highest BCUT2D eigenvalue weighted by Gasteiger charge is 2.40. The Morgan fingerprint density at radius 1 is 1.38 bits per heavy atom. The molecule has 0 aromatic carbocycles. The van der Waals surface area contributed by atoms with Crippen molar-refractivity contribution in [3.63, 3.8) is 0 Å². The molecule has 7 nitrogen and oxygen atoms in total.